The molecule has 160 valence electrons. The van der Waals surface area contributed by atoms with Crippen LogP contribution in [0.4, 0.5) is 5.69 Å². The van der Waals surface area contributed by atoms with E-state index in [1.807, 2.05) is 12.1 Å². The number of fused-ring (bicyclic) bond motifs is 1. The van der Waals surface area contributed by atoms with Crippen molar-refractivity contribution in [3.63, 3.8) is 0 Å². The number of carbonyl (C=O) groups is 1. The van der Waals surface area contributed by atoms with E-state index >= 15 is 0 Å². The van der Waals surface area contributed by atoms with Gasteiger partial charge in [0.15, 0.2) is 0 Å². The third-order valence-electron chi connectivity index (χ3n) is 5.15. The number of rotatable bonds is 7. The van der Waals surface area contributed by atoms with Crippen molar-refractivity contribution in [2.24, 2.45) is 7.05 Å². The highest BCUT2D eigenvalue weighted by atomic mass is 32.2. The summed E-state index contributed by atoms with van der Waals surface area (Å²) in [4.78, 5) is 25.3. The average Bonchev–Trinajstić information content (AvgIpc) is 2.95. The lowest BCUT2D eigenvalue weighted by Crippen LogP contribution is -2.31. The molecular weight excluding hydrogens is 404 g/mol. The molecule has 0 saturated heterocycles. The Bertz CT molecular complexity index is 1250. The first-order valence-electron chi connectivity index (χ1n) is 9.75. The number of hydrogen-bond donors (Lipinski definition) is 1. The summed E-state index contributed by atoms with van der Waals surface area (Å²) in [5, 5.41) is 2.72. The van der Waals surface area contributed by atoms with E-state index in [1.54, 1.807) is 52.1 Å². The summed E-state index contributed by atoms with van der Waals surface area (Å²) in [6.45, 7) is 5.83. The van der Waals surface area contributed by atoms with Gasteiger partial charge in [-0.05, 0) is 36.8 Å². The number of sulfonamides is 1. The van der Waals surface area contributed by atoms with E-state index < -0.39 is 15.9 Å². The minimum Gasteiger partial charge on any atom is -0.324 e. The van der Waals surface area contributed by atoms with Crippen LogP contribution in [0.25, 0.3) is 11.0 Å². The molecule has 0 spiro atoms. The number of imidazole rings is 1. The number of carbonyl (C=O) groups excluding carboxylic acids is 1. The van der Waals surface area contributed by atoms with Gasteiger partial charge in [-0.15, -0.1) is 0 Å². The molecule has 0 aliphatic heterocycles. The Labute approximate surface area is 175 Å². The first kappa shape index (κ1) is 21.8. The van der Waals surface area contributed by atoms with E-state index in [2.05, 4.69) is 5.32 Å². The molecule has 0 saturated carbocycles. The van der Waals surface area contributed by atoms with Gasteiger partial charge in [-0.25, -0.2) is 13.2 Å². The molecule has 2 aromatic carbocycles. The van der Waals surface area contributed by atoms with Crippen molar-refractivity contribution in [1.29, 1.82) is 0 Å². The van der Waals surface area contributed by atoms with Crippen molar-refractivity contribution in [2.45, 2.75) is 32.2 Å². The fourth-order valence-electron chi connectivity index (χ4n) is 3.52. The maximum absolute atomic E-state index is 12.9. The Morgan fingerprint density at radius 2 is 1.70 bits per heavy atom. The standard InChI is InChI=1S/C21H26N4O4S/c1-5-24(6-2)30(28,29)19-13-16(12-11-15(19)3)22-20(26)14-25-18-10-8-7-9-17(18)23(4)21(25)27/h7-13H,5-6,14H2,1-4H3,(H,22,26). The van der Waals surface area contributed by atoms with Gasteiger partial charge in [0.05, 0.1) is 15.9 Å². The zero-order chi connectivity index (χ0) is 22.1. The number of aromatic nitrogens is 2. The molecule has 30 heavy (non-hydrogen) atoms. The highest BCUT2D eigenvalue weighted by Gasteiger charge is 2.24. The molecule has 3 aromatic rings. The van der Waals surface area contributed by atoms with Gasteiger partial charge in [0, 0.05) is 25.8 Å². The van der Waals surface area contributed by atoms with Crippen LogP contribution in [-0.2, 0) is 28.4 Å². The third kappa shape index (κ3) is 3.90. The van der Waals surface area contributed by atoms with Crippen LogP contribution in [0.2, 0.25) is 0 Å². The fraction of sp³-hybridized carbons (Fsp3) is 0.333. The van der Waals surface area contributed by atoms with Gasteiger partial charge in [-0.3, -0.25) is 13.9 Å². The molecule has 0 aliphatic rings. The predicted molar refractivity (Wildman–Crippen MR) is 117 cm³/mol. The summed E-state index contributed by atoms with van der Waals surface area (Å²) in [5.74, 6) is -0.413. The lowest BCUT2D eigenvalue weighted by Gasteiger charge is -2.20. The van der Waals surface area contributed by atoms with Crippen molar-refractivity contribution in [2.75, 3.05) is 18.4 Å². The Morgan fingerprint density at radius 3 is 2.33 bits per heavy atom. The average molecular weight is 431 g/mol. The van der Waals surface area contributed by atoms with Crippen molar-refractivity contribution < 1.29 is 13.2 Å². The summed E-state index contributed by atoms with van der Waals surface area (Å²) in [5.41, 5.74) is 2.07. The number of amides is 1. The molecular formula is C21H26N4O4S. The summed E-state index contributed by atoms with van der Waals surface area (Å²) in [6.07, 6.45) is 0. The van der Waals surface area contributed by atoms with Gasteiger partial charge in [0.25, 0.3) is 0 Å². The number of aryl methyl sites for hydroxylation is 2. The summed E-state index contributed by atoms with van der Waals surface area (Å²) in [7, 11) is -2.00. The van der Waals surface area contributed by atoms with Crippen molar-refractivity contribution in [1.82, 2.24) is 13.4 Å². The maximum atomic E-state index is 12.9. The largest absolute Gasteiger partial charge is 0.329 e. The molecule has 0 bridgehead atoms. The van der Waals surface area contributed by atoms with Crippen molar-refractivity contribution in [3.05, 3.63) is 58.5 Å². The predicted octanol–water partition coefficient (Wildman–Crippen LogP) is 2.32. The Balaban J connectivity index is 1.89. The normalized spacial score (nSPS) is 11.9. The van der Waals surface area contributed by atoms with E-state index in [0.717, 1.165) is 5.52 Å². The second kappa shape index (κ2) is 8.45. The summed E-state index contributed by atoms with van der Waals surface area (Å²) >= 11 is 0. The SMILES string of the molecule is CCN(CC)S(=O)(=O)c1cc(NC(=O)Cn2c(=O)n(C)c3ccccc32)ccc1C. The summed E-state index contributed by atoms with van der Waals surface area (Å²) < 4.78 is 30.1. The van der Waals surface area contributed by atoms with Gasteiger partial charge in [0.2, 0.25) is 15.9 Å². The summed E-state index contributed by atoms with van der Waals surface area (Å²) in [6, 6.07) is 12.0. The Kier molecular flexibility index (Phi) is 6.14. The smallest absolute Gasteiger partial charge is 0.324 e. The molecule has 1 heterocycles. The minimum absolute atomic E-state index is 0.159. The molecule has 1 N–H and O–H groups in total. The second-order valence-electron chi connectivity index (χ2n) is 7.03. The Morgan fingerprint density at radius 1 is 1.07 bits per heavy atom. The van der Waals surface area contributed by atoms with E-state index in [9.17, 15) is 18.0 Å². The number of benzene rings is 2. The zero-order valence-electron chi connectivity index (χ0n) is 17.5. The lowest BCUT2D eigenvalue weighted by molar-refractivity contribution is -0.116. The number of nitrogens with one attached hydrogen (secondary N) is 1. The van der Waals surface area contributed by atoms with Crippen molar-refractivity contribution in [3.8, 4) is 0 Å². The van der Waals surface area contributed by atoms with Crippen LogP contribution in [0, 0.1) is 6.92 Å². The van der Waals surface area contributed by atoms with Crippen LogP contribution in [0.5, 0.6) is 0 Å². The fourth-order valence-corrected chi connectivity index (χ4v) is 5.23. The molecule has 0 aliphatic carbocycles. The number of para-hydroxylation sites is 2. The minimum atomic E-state index is -3.66. The van der Waals surface area contributed by atoms with Crippen LogP contribution in [-0.4, -0.2) is 40.9 Å². The maximum Gasteiger partial charge on any atom is 0.329 e. The molecule has 0 unspecified atom stereocenters. The van der Waals surface area contributed by atoms with E-state index in [-0.39, 0.29) is 17.1 Å². The number of hydrogen-bond acceptors (Lipinski definition) is 4. The van der Waals surface area contributed by atoms with Crippen LogP contribution in [0.1, 0.15) is 19.4 Å². The van der Waals surface area contributed by atoms with E-state index in [0.29, 0.717) is 29.9 Å². The van der Waals surface area contributed by atoms with Gasteiger partial charge in [0.1, 0.15) is 6.54 Å². The van der Waals surface area contributed by atoms with Crippen LogP contribution >= 0.6 is 0 Å². The first-order valence-corrected chi connectivity index (χ1v) is 11.2. The van der Waals surface area contributed by atoms with Gasteiger partial charge in [-0.1, -0.05) is 32.0 Å². The topological polar surface area (TPSA) is 93.4 Å². The first-order chi connectivity index (χ1) is 14.2. The molecule has 9 heteroatoms. The van der Waals surface area contributed by atoms with Crippen LogP contribution in [0.15, 0.2) is 52.2 Å². The number of anilines is 1. The van der Waals surface area contributed by atoms with E-state index in [4.69, 9.17) is 0 Å². The van der Waals surface area contributed by atoms with Gasteiger partial charge in [-0.2, -0.15) is 4.31 Å². The molecule has 1 amide bonds. The highest BCUT2D eigenvalue weighted by molar-refractivity contribution is 7.89. The highest BCUT2D eigenvalue weighted by Crippen LogP contribution is 2.23. The monoisotopic (exact) mass is 430 g/mol. The molecule has 8 nitrogen and oxygen atoms in total. The molecule has 1 aromatic heterocycles. The van der Waals surface area contributed by atoms with Gasteiger partial charge < -0.3 is 5.32 Å². The molecule has 0 atom stereocenters. The van der Waals surface area contributed by atoms with Crippen molar-refractivity contribution >= 4 is 32.7 Å². The third-order valence-corrected chi connectivity index (χ3v) is 7.34. The molecule has 3 rings (SSSR count). The molecule has 0 radical (unpaired) electrons. The van der Waals surface area contributed by atoms with Crippen LogP contribution < -0.4 is 11.0 Å². The zero-order valence-corrected chi connectivity index (χ0v) is 18.4. The van der Waals surface area contributed by atoms with E-state index in [1.165, 1.54) is 19.5 Å². The second-order valence-corrected chi connectivity index (χ2v) is 8.94. The van der Waals surface area contributed by atoms with Gasteiger partial charge >= 0.3 is 5.69 Å². The molecule has 0 fully saturated rings. The quantitative estimate of drug-likeness (QED) is 0.623. The lowest BCUT2D eigenvalue weighted by atomic mass is 10.2. The van der Waals surface area contributed by atoms with Crippen LogP contribution in [0.3, 0.4) is 0 Å². The number of nitrogens with zero attached hydrogens (tertiary/aromatic N) is 3. The Hall–Kier alpha value is -2.91.